The molecule has 3 rings (SSSR count). The quantitative estimate of drug-likeness (QED) is 0.270. The van der Waals surface area contributed by atoms with Crippen LogP contribution in [0.1, 0.15) is 31.9 Å². The summed E-state index contributed by atoms with van der Waals surface area (Å²) in [7, 11) is -4.19. The molecule has 0 spiro atoms. The first-order valence-corrected chi connectivity index (χ1v) is 15.2. The van der Waals surface area contributed by atoms with E-state index < -0.39 is 28.5 Å². The second-order valence-corrected chi connectivity index (χ2v) is 12.9. The number of carbonyl (C=O) groups is 2. The van der Waals surface area contributed by atoms with Crippen molar-refractivity contribution >= 4 is 62.3 Å². The predicted molar refractivity (Wildman–Crippen MR) is 161 cm³/mol. The molecular formula is C29H32Cl3N3O4S. The Balaban J connectivity index is 2.07. The number of anilines is 1. The van der Waals surface area contributed by atoms with Crippen molar-refractivity contribution < 1.29 is 18.0 Å². The van der Waals surface area contributed by atoms with E-state index in [1.807, 2.05) is 13.8 Å². The van der Waals surface area contributed by atoms with Crippen molar-refractivity contribution in [3.8, 4) is 0 Å². The van der Waals surface area contributed by atoms with Crippen LogP contribution in [0.25, 0.3) is 0 Å². The Kier molecular flexibility index (Phi) is 10.9. The van der Waals surface area contributed by atoms with E-state index in [0.29, 0.717) is 32.7 Å². The second kappa shape index (κ2) is 13.7. The Labute approximate surface area is 251 Å². The first kappa shape index (κ1) is 31.7. The van der Waals surface area contributed by atoms with Gasteiger partial charge in [-0.2, -0.15) is 0 Å². The van der Waals surface area contributed by atoms with Gasteiger partial charge >= 0.3 is 0 Å². The number of sulfonamides is 1. The van der Waals surface area contributed by atoms with Gasteiger partial charge in [0.15, 0.2) is 0 Å². The summed E-state index contributed by atoms with van der Waals surface area (Å²) in [6, 6.07) is 16.6. The van der Waals surface area contributed by atoms with Crippen LogP contribution in [0, 0.1) is 12.8 Å². The summed E-state index contributed by atoms with van der Waals surface area (Å²) in [5.41, 5.74) is 1.30. The largest absolute Gasteiger partial charge is 0.354 e. The Morgan fingerprint density at radius 2 is 1.57 bits per heavy atom. The molecule has 1 atom stereocenters. The lowest BCUT2D eigenvalue weighted by atomic mass is 10.1. The number of amides is 2. The van der Waals surface area contributed by atoms with E-state index in [-0.39, 0.29) is 29.0 Å². The van der Waals surface area contributed by atoms with Gasteiger partial charge in [-0.15, -0.1) is 0 Å². The van der Waals surface area contributed by atoms with Gasteiger partial charge in [0.05, 0.1) is 10.6 Å². The molecule has 3 aromatic rings. The molecule has 0 aliphatic heterocycles. The maximum Gasteiger partial charge on any atom is 0.264 e. The van der Waals surface area contributed by atoms with Crippen LogP contribution in [0.4, 0.5) is 5.69 Å². The molecule has 3 aromatic carbocycles. The molecule has 0 aliphatic carbocycles. The lowest BCUT2D eigenvalue weighted by molar-refractivity contribution is -0.139. The van der Waals surface area contributed by atoms with E-state index in [1.165, 1.54) is 17.0 Å². The standard InChI is InChI=1S/C29H32Cl3N3O4S/c1-19(2)16-33-29(37)21(4)34(17-22-13-14-23(30)15-26(22)32)28(36)18-35(27-12-8-11-25(31)20(27)3)40(38,39)24-9-6-5-7-10-24/h5-15,19,21H,16-18H2,1-4H3,(H,33,37). The van der Waals surface area contributed by atoms with Crippen LogP contribution in [0.15, 0.2) is 71.6 Å². The molecule has 0 saturated carbocycles. The van der Waals surface area contributed by atoms with Crippen molar-refractivity contribution in [2.45, 2.75) is 45.2 Å². The fourth-order valence-corrected chi connectivity index (χ4v) is 6.10. The minimum absolute atomic E-state index is 0.0113. The van der Waals surface area contributed by atoms with E-state index in [4.69, 9.17) is 34.8 Å². The summed E-state index contributed by atoms with van der Waals surface area (Å²) >= 11 is 18.8. The van der Waals surface area contributed by atoms with E-state index >= 15 is 0 Å². The van der Waals surface area contributed by atoms with Crippen LogP contribution in [0.2, 0.25) is 15.1 Å². The molecule has 7 nitrogen and oxygen atoms in total. The summed E-state index contributed by atoms with van der Waals surface area (Å²) < 4.78 is 28.8. The third-order valence-electron chi connectivity index (χ3n) is 6.33. The van der Waals surface area contributed by atoms with Crippen molar-refractivity contribution in [1.29, 1.82) is 0 Å². The first-order valence-electron chi connectivity index (χ1n) is 12.7. The van der Waals surface area contributed by atoms with E-state index in [2.05, 4.69) is 5.32 Å². The Morgan fingerprint density at radius 1 is 0.900 bits per heavy atom. The highest BCUT2D eigenvalue weighted by molar-refractivity contribution is 7.92. The van der Waals surface area contributed by atoms with Gasteiger partial charge in [0, 0.05) is 28.2 Å². The Hall–Kier alpha value is -2.78. The van der Waals surface area contributed by atoms with Crippen LogP contribution < -0.4 is 9.62 Å². The third kappa shape index (κ3) is 7.69. The van der Waals surface area contributed by atoms with Crippen LogP contribution in [-0.2, 0) is 26.2 Å². The van der Waals surface area contributed by atoms with Crippen molar-refractivity contribution in [1.82, 2.24) is 10.2 Å². The highest BCUT2D eigenvalue weighted by Gasteiger charge is 2.33. The van der Waals surface area contributed by atoms with Gasteiger partial charge in [0.1, 0.15) is 12.6 Å². The van der Waals surface area contributed by atoms with Crippen molar-refractivity contribution in [2.75, 3.05) is 17.4 Å². The first-order chi connectivity index (χ1) is 18.8. The SMILES string of the molecule is Cc1c(Cl)cccc1N(CC(=O)N(Cc1ccc(Cl)cc1Cl)C(C)C(=O)NCC(C)C)S(=O)(=O)c1ccccc1. The molecule has 0 bridgehead atoms. The average molecular weight is 625 g/mol. The molecule has 40 heavy (non-hydrogen) atoms. The van der Waals surface area contributed by atoms with Gasteiger partial charge in [-0.1, -0.05) is 79.0 Å². The number of nitrogens with zero attached hydrogens (tertiary/aromatic N) is 2. The van der Waals surface area contributed by atoms with Gasteiger partial charge < -0.3 is 10.2 Å². The molecule has 214 valence electrons. The van der Waals surface area contributed by atoms with E-state index in [9.17, 15) is 18.0 Å². The summed E-state index contributed by atoms with van der Waals surface area (Å²) in [4.78, 5) is 28.4. The number of carbonyl (C=O) groups excluding carboxylic acids is 2. The molecular weight excluding hydrogens is 593 g/mol. The highest BCUT2D eigenvalue weighted by atomic mass is 35.5. The van der Waals surface area contributed by atoms with Crippen LogP contribution in [0.3, 0.4) is 0 Å². The molecule has 0 aliphatic rings. The molecule has 0 heterocycles. The predicted octanol–water partition coefficient (Wildman–Crippen LogP) is 6.34. The average Bonchev–Trinajstić information content (AvgIpc) is 2.91. The minimum Gasteiger partial charge on any atom is -0.354 e. The molecule has 2 amide bonds. The molecule has 11 heteroatoms. The van der Waals surface area contributed by atoms with E-state index in [1.54, 1.807) is 68.4 Å². The molecule has 1 N–H and O–H groups in total. The Morgan fingerprint density at radius 3 is 2.20 bits per heavy atom. The lowest BCUT2D eigenvalue weighted by Gasteiger charge is -2.32. The highest BCUT2D eigenvalue weighted by Crippen LogP contribution is 2.31. The number of hydrogen-bond donors (Lipinski definition) is 1. The molecule has 0 fully saturated rings. The zero-order valence-corrected chi connectivity index (χ0v) is 25.8. The lowest BCUT2D eigenvalue weighted by Crippen LogP contribution is -2.51. The number of rotatable bonds is 11. The Bertz CT molecular complexity index is 1470. The zero-order chi connectivity index (χ0) is 29.6. The molecule has 0 aromatic heterocycles. The summed E-state index contributed by atoms with van der Waals surface area (Å²) in [6.45, 7) is 7.00. The van der Waals surface area contributed by atoms with Crippen molar-refractivity contribution in [2.24, 2.45) is 5.92 Å². The second-order valence-electron chi connectivity index (χ2n) is 9.78. The smallest absolute Gasteiger partial charge is 0.264 e. The molecule has 0 radical (unpaired) electrons. The fourth-order valence-electron chi connectivity index (χ4n) is 3.97. The number of hydrogen-bond acceptors (Lipinski definition) is 4. The summed E-state index contributed by atoms with van der Waals surface area (Å²) in [6.07, 6.45) is 0. The minimum atomic E-state index is -4.19. The number of halogens is 3. The molecule has 0 saturated heterocycles. The normalized spacial score (nSPS) is 12.2. The van der Waals surface area contributed by atoms with Crippen LogP contribution in [-0.4, -0.2) is 44.3 Å². The van der Waals surface area contributed by atoms with Gasteiger partial charge in [-0.25, -0.2) is 8.42 Å². The number of nitrogens with one attached hydrogen (secondary N) is 1. The maximum absolute atomic E-state index is 14.0. The number of benzene rings is 3. The maximum atomic E-state index is 14.0. The van der Waals surface area contributed by atoms with Gasteiger partial charge in [-0.05, 0) is 67.3 Å². The van der Waals surface area contributed by atoms with Crippen molar-refractivity contribution in [3.63, 3.8) is 0 Å². The summed E-state index contributed by atoms with van der Waals surface area (Å²) in [5.74, 6) is -0.774. The van der Waals surface area contributed by atoms with Crippen LogP contribution >= 0.6 is 34.8 Å². The topological polar surface area (TPSA) is 86.8 Å². The zero-order valence-electron chi connectivity index (χ0n) is 22.7. The van der Waals surface area contributed by atoms with Crippen molar-refractivity contribution in [3.05, 3.63) is 92.9 Å². The molecule has 1 unspecified atom stereocenters. The summed E-state index contributed by atoms with van der Waals surface area (Å²) in [5, 5.41) is 3.94. The van der Waals surface area contributed by atoms with Crippen LogP contribution in [0.5, 0.6) is 0 Å². The fraction of sp³-hybridized carbons (Fsp3) is 0.310. The third-order valence-corrected chi connectivity index (χ3v) is 9.10. The monoisotopic (exact) mass is 623 g/mol. The van der Waals surface area contributed by atoms with Gasteiger partial charge in [0.25, 0.3) is 10.0 Å². The van der Waals surface area contributed by atoms with E-state index in [0.717, 1.165) is 4.31 Å². The van der Waals surface area contributed by atoms with Gasteiger partial charge in [-0.3, -0.25) is 13.9 Å². The van der Waals surface area contributed by atoms with Gasteiger partial charge in [0.2, 0.25) is 11.8 Å².